The van der Waals surface area contributed by atoms with Gasteiger partial charge in [-0.2, -0.15) is 0 Å². The van der Waals surface area contributed by atoms with Gasteiger partial charge in [0.15, 0.2) is 6.10 Å². The Morgan fingerprint density at radius 1 is 1.04 bits per heavy atom. The molecule has 1 atom stereocenters. The highest BCUT2D eigenvalue weighted by atomic mass is 35.5. The lowest BCUT2D eigenvalue weighted by atomic mass is 10.2. The number of benzene rings is 2. The summed E-state index contributed by atoms with van der Waals surface area (Å²) < 4.78 is 5.45. The fourth-order valence-corrected chi connectivity index (χ4v) is 2.15. The molecule has 2 N–H and O–H groups in total. The van der Waals surface area contributed by atoms with Gasteiger partial charge in [0.05, 0.1) is 5.02 Å². The second-order valence-electron chi connectivity index (χ2n) is 4.64. The Bertz CT molecular complexity index is 708. The highest BCUT2D eigenvalue weighted by Gasteiger charge is 2.17. The van der Waals surface area contributed by atoms with Crippen molar-refractivity contribution in [1.82, 2.24) is 10.9 Å². The van der Waals surface area contributed by atoms with Crippen LogP contribution >= 0.6 is 23.2 Å². The van der Waals surface area contributed by atoms with Gasteiger partial charge in [-0.25, -0.2) is 0 Å². The van der Waals surface area contributed by atoms with Crippen LogP contribution in [0.15, 0.2) is 48.5 Å². The number of hydrogen-bond donors (Lipinski definition) is 2. The Balaban J connectivity index is 1.89. The number of hydrogen-bond acceptors (Lipinski definition) is 3. The van der Waals surface area contributed by atoms with E-state index in [-0.39, 0.29) is 0 Å². The van der Waals surface area contributed by atoms with Gasteiger partial charge in [0, 0.05) is 10.6 Å². The Morgan fingerprint density at radius 3 is 2.39 bits per heavy atom. The Kier molecular flexibility index (Phi) is 5.84. The van der Waals surface area contributed by atoms with Gasteiger partial charge in [-0.1, -0.05) is 41.4 Å². The van der Waals surface area contributed by atoms with Crippen LogP contribution in [-0.2, 0) is 4.79 Å². The van der Waals surface area contributed by atoms with Crippen LogP contribution in [0.3, 0.4) is 0 Å². The summed E-state index contributed by atoms with van der Waals surface area (Å²) in [6.07, 6.45) is -0.857. The summed E-state index contributed by atoms with van der Waals surface area (Å²) in [6.45, 7) is 1.54. The molecular formula is C16H14Cl2N2O3. The largest absolute Gasteiger partial charge is 0.479 e. The van der Waals surface area contributed by atoms with Gasteiger partial charge in [0.1, 0.15) is 5.75 Å². The molecule has 0 aliphatic heterocycles. The van der Waals surface area contributed by atoms with E-state index in [9.17, 15) is 9.59 Å². The summed E-state index contributed by atoms with van der Waals surface area (Å²) in [6, 6.07) is 13.2. The van der Waals surface area contributed by atoms with Crippen LogP contribution < -0.4 is 15.6 Å². The third-order valence-corrected chi connectivity index (χ3v) is 3.43. The number of rotatable bonds is 4. The van der Waals surface area contributed by atoms with Gasteiger partial charge in [0.25, 0.3) is 11.8 Å². The molecule has 23 heavy (non-hydrogen) atoms. The van der Waals surface area contributed by atoms with Crippen LogP contribution in [0.1, 0.15) is 17.3 Å². The number of carbonyl (C=O) groups excluding carboxylic acids is 2. The van der Waals surface area contributed by atoms with Crippen LogP contribution in [0.4, 0.5) is 0 Å². The number of nitrogens with one attached hydrogen (secondary N) is 2. The summed E-state index contributed by atoms with van der Waals surface area (Å²) in [5.74, 6) is -0.607. The molecule has 0 radical (unpaired) electrons. The van der Waals surface area contributed by atoms with Crippen LogP contribution in [0, 0.1) is 0 Å². The first-order chi connectivity index (χ1) is 11.0. The standard InChI is InChI=1S/C16H14Cl2N2O3/c1-10(23-14-8-7-12(17)9-13(14)18)15(21)19-20-16(22)11-5-3-2-4-6-11/h2-10H,1H3,(H,19,21)(H,20,22). The molecule has 0 fully saturated rings. The van der Waals surface area contributed by atoms with E-state index in [4.69, 9.17) is 27.9 Å². The molecule has 0 saturated carbocycles. The fraction of sp³-hybridized carbons (Fsp3) is 0.125. The van der Waals surface area contributed by atoms with Crippen molar-refractivity contribution in [3.8, 4) is 5.75 Å². The second kappa shape index (κ2) is 7.85. The summed E-state index contributed by atoms with van der Waals surface area (Å²) >= 11 is 11.8. The number of ether oxygens (including phenoxy) is 1. The summed E-state index contributed by atoms with van der Waals surface area (Å²) in [4.78, 5) is 23.8. The van der Waals surface area contributed by atoms with Gasteiger partial charge in [0.2, 0.25) is 0 Å². The lowest BCUT2D eigenvalue weighted by Gasteiger charge is -2.16. The highest BCUT2D eigenvalue weighted by molar-refractivity contribution is 6.35. The number of halogens is 2. The smallest absolute Gasteiger partial charge is 0.279 e. The molecule has 2 aromatic carbocycles. The molecule has 5 nitrogen and oxygen atoms in total. The van der Waals surface area contributed by atoms with E-state index < -0.39 is 17.9 Å². The van der Waals surface area contributed by atoms with Crippen molar-refractivity contribution in [1.29, 1.82) is 0 Å². The molecule has 2 aromatic rings. The molecule has 0 aromatic heterocycles. The first-order valence-electron chi connectivity index (χ1n) is 6.74. The van der Waals surface area contributed by atoms with Gasteiger partial charge >= 0.3 is 0 Å². The molecule has 0 bridgehead atoms. The quantitative estimate of drug-likeness (QED) is 0.830. The fourth-order valence-electron chi connectivity index (χ4n) is 1.70. The van der Waals surface area contributed by atoms with E-state index in [1.54, 1.807) is 42.5 Å². The molecule has 1 unspecified atom stereocenters. The average molecular weight is 353 g/mol. The van der Waals surface area contributed by atoms with Crippen molar-refractivity contribution in [3.05, 3.63) is 64.1 Å². The lowest BCUT2D eigenvalue weighted by molar-refractivity contribution is -0.128. The van der Waals surface area contributed by atoms with E-state index in [1.165, 1.54) is 13.0 Å². The van der Waals surface area contributed by atoms with Crippen LogP contribution in [0.25, 0.3) is 0 Å². The molecule has 120 valence electrons. The lowest BCUT2D eigenvalue weighted by Crippen LogP contribution is -2.47. The Morgan fingerprint density at radius 2 is 1.74 bits per heavy atom. The number of carbonyl (C=O) groups is 2. The summed E-state index contributed by atoms with van der Waals surface area (Å²) in [5, 5.41) is 0.764. The monoisotopic (exact) mass is 352 g/mol. The van der Waals surface area contributed by atoms with Gasteiger partial charge in [-0.05, 0) is 37.3 Å². The SMILES string of the molecule is CC(Oc1ccc(Cl)cc1Cl)C(=O)NNC(=O)c1ccccc1. The molecule has 7 heteroatoms. The topological polar surface area (TPSA) is 67.4 Å². The van der Waals surface area contributed by atoms with Gasteiger partial charge in [-0.3, -0.25) is 20.4 Å². The Hall–Kier alpha value is -2.24. The third-order valence-electron chi connectivity index (χ3n) is 2.90. The predicted octanol–water partition coefficient (Wildman–Crippen LogP) is 3.22. The van der Waals surface area contributed by atoms with E-state index in [0.717, 1.165) is 0 Å². The molecule has 0 spiro atoms. The zero-order valence-corrected chi connectivity index (χ0v) is 13.7. The van der Waals surface area contributed by atoms with Crippen molar-refractivity contribution in [2.45, 2.75) is 13.0 Å². The van der Waals surface area contributed by atoms with Crippen molar-refractivity contribution in [2.24, 2.45) is 0 Å². The zero-order chi connectivity index (χ0) is 16.8. The number of amides is 2. The maximum Gasteiger partial charge on any atom is 0.279 e. The zero-order valence-electron chi connectivity index (χ0n) is 12.2. The van der Waals surface area contributed by atoms with Crippen molar-refractivity contribution < 1.29 is 14.3 Å². The van der Waals surface area contributed by atoms with E-state index >= 15 is 0 Å². The predicted molar refractivity (Wildman–Crippen MR) is 88.6 cm³/mol. The minimum atomic E-state index is -0.857. The van der Waals surface area contributed by atoms with Crippen LogP contribution in [0.2, 0.25) is 10.0 Å². The van der Waals surface area contributed by atoms with E-state index in [2.05, 4.69) is 10.9 Å². The first-order valence-corrected chi connectivity index (χ1v) is 7.50. The molecule has 2 amide bonds. The van der Waals surface area contributed by atoms with Gasteiger partial charge in [-0.15, -0.1) is 0 Å². The summed E-state index contributed by atoms with van der Waals surface area (Å²) in [5.41, 5.74) is 5.05. The van der Waals surface area contributed by atoms with E-state index in [1.807, 2.05) is 0 Å². The highest BCUT2D eigenvalue weighted by Crippen LogP contribution is 2.28. The van der Waals surface area contributed by atoms with Crippen molar-refractivity contribution in [3.63, 3.8) is 0 Å². The maximum absolute atomic E-state index is 11.9. The van der Waals surface area contributed by atoms with Crippen molar-refractivity contribution in [2.75, 3.05) is 0 Å². The van der Waals surface area contributed by atoms with Crippen LogP contribution in [0.5, 0.6) is 5.75 Å². The first kappa shape index (κ1) is 17.1. The average Bonchev–Trinajstić information content (AvgIpc) is 2.55. The van der Waals surface area contributed by atoms with Crippen molar-refractivity contribution >= 4 is 35.0 Å². The second-order valence-corrected chi connectivity index (χ2v) is 5.49. The van der Waals surface area contributed by atoms with Crippen LogP contribution in [-0.4, -0.2) is 17.9 Å². The third kappa shape index (κ3) is 4.87. The molecular weight excluding hydrogens is 339 g/mol. The molecule has 2 rings (SSSR count). The molecule has 0 heterocycles. The maximum atomic E-state index is 11.9. The van der Waals surface area contributed by atoms with Gasteiger partial charge < -0.3 is 4.74 Å². The minimum Gasteiger partial charge on any atom is -0.479 e. The normalized spacial score (nSPS) is 11.4. The molecule has 0 aliphatic carbocycles. The Labute approximate surface area is 143 Å². The molecule has 0 saturated heterocycles. The van der Waals surface area contributed by atoms with E-state index in [0.29, 0.717) is 21.4 Å². The number of hydrazine groups is 1. The summed E-state index contributed by atoms with van der Waals surface area (Å²) in [7, 11) is 0. The minimum absolute atomic E-state index is 0.297. The molecule has 0 aliphatic rings.